The number of ether oxygens (including phenoxy) is 1. The summed E-state index contributed by atoms with van der Waals surface area (Å²) >= 11 is 0. The van der Waals surface area contributed by atoms with Gasteiger partial charge in [0.1, 0.15) is 12.1 Å². The predicted octanol–water partition coefficient (Wildman–Crippen LogP) is 0.710. The molecule has 1 fully saturated rings. The Bertz CT molecular complexity index is 625. The van der Waals surface area contributed by atoms with Gasteiger partial charge < -0.3 is 10.1 Å². The molecule has 3 rings (SSSR count). The van der Waals surface area contributed by atoms with E-state index in [0.717, 1.165) is 19.4 Å². The van der Waals surface area contributed by atoms with Gasteiger partial charge in [0.05, 0.1) is 17.4 Å². The van der Waals surface area contributed by atoms with Crippen LogP contribution in [0.3, 0.4) is 0 Å². The first-order valence-electron chi connectivity index (χ1n) is 6.67. The third-order valence-corrected chi connectivity index (χ3v) is 3.31. The zero-order valence-electron chi connectivity index (χ0n) is 11.2. The van der Waals surface area contributed by atoms with Crippen molar-refractivity contribution in [2.75, 3.05) is 13.2 Å². The zero-order chi connectivity index (χ0) is 14.7. The number of nitrogens with one attached hydrogen (secondary N) is 1. The molecule has 0 saturated carbocycles. The smallest absolute Gasteiger partial charge is 0.253 e. The average molecular weight is 291 g/mol. The summed E-state index contributed by atoms with van der Waals surface area (Å²) in [6.45, 7) is 1.13. The van der Waals surface area contributed by atoms with Crippen LogP contribution < -0.4 is 5.32 Å². The molecular formula is C13H14FN5O2. The van der Waals surface area contributed by atoms with Crippen molar-refractivity contribution in [1.29, 1.82) is 0 Å². The van der Waals surface area contributed by atoms with Crippen molar-refractivity contribution in [3.8, 4) is 5.69 Å². The number of aromatic nitrogens is 4. The maximum Gasteiger partial charge on any atom is 0.253 e. The molecule has 1 atom stereocenters. The summed E-state index contributed by atoms with van der Waals surface area (Å²) in [5.74, 6) is -0.871. The van der Waals surface area contributed by atoms with Crippen LogP contribution >= 0.6 is 0 Å². The van der Waals surface area contributed by atoms with Crippen molar-refractivity contribution < 1.29 is 13.9 Å². The van der Waals surface area contributed by atoms with Gasteiger partial charge in [0.15, 0.2) is 0 Å². The number of carbonyl (C=O) groups excluding carboxylic acids is 1. The van der Waals surface area contributed by atoms with E-state index in [1.165, 1.54) is 29.2 Å². The van der Waals surface area contributed by atoms with Crippen LogP contribution in [0.1, 0.15) is 23.2 Å². The van der Waals surface area contributed by atoms with E-state index in [4.69, 9.17) is 4.74 Å². The molecule has 0 spiro atoms. The highest BCUT2D eigenvalue weighted by Crippen LogP contribution is 2.16. The molecule has 1 saturated heterocycles. The fourth-order valence-corrected chi connectivity index (χ4v) is 2.27. The van der Waals surface area contributed by atoms with Crippen LogP contribution in [0.4, 0.5) is 4.39 Å². The Hall–Kier alpha value is -2.35. The number of rotatable bonds is 4. The van der Waals surface area contributed by atoms with Gasteiger partial charge in [0, 0.05) is 13.2 Å². The van der Waals surface area contributed by atoms with Crippen LogP contribution in [0, 0.1) is 5.82 Å². The van der Waals surface area contributed by atoms with E-state index in [1.807, 2.05) is 0 Å². The molecule has 1 aliphatic heterocycles. The van der Waals surface area contributed by atoms with Crippen molar-refractivity contribution in [2.45, 2.75) is 18.9 Å². The second kappa shape index (κ2) is 5.96. The minimum Gasteiger partial charge on any atom is -0.376 e. The van der Waals surface area contributed by atoms with E-state index < -0.39 is 5.82 Å². The lowest BCUT2D eigenvalue weighted by Gasteiger charge is -2.12. The molecule has 0 unspecified atom stereocenters. The highest BCUT2D eigenvalue weighted by molar-refractivity contribution is 5.97. The van der Waals surface area contributed by atoms with E-state index in [2.05, 4.69) is 20.8 Å². The molecule has 1 aromatic carbocycles. The first kappa shape index (κ1) is 13.6. The van der Waals surface area contributed by atoms with Crippen molar-refractivity contribution in [3.05, 3.63) is 35.9 Å². The fraction of sp³-hybridized carbons (Fsp3) is 0.385. The predicted molar refractivity (Wildman–Crippen MR) is 70.4 cm³/mol. The van der Waals surface area contributed by atoms with Gasteiger partial charge in [0.2, 0.25) is 0 Å². The number of halogens is 1. The third kappa shape index (κ3) is 3.05. The molecule has 1 N–H and O–H groups in total. The number of hydrogen-bond acceptors (Lipinski definition) is 5. The standard InChI is InChI=1S/C13H14FN5O2/c14-9-3-4-12(19-8-16-17-18-19)11(6-9)13(20)15-7-10-2-1-5-21-10/h3-4,6,8,10H,1-2,5,7H2,(H,15,20)/t10-/m1/s1. The average Bonchev–Trinajstić information content (AvgIpc) is 3.18. The molecule has 0 aliphatic carbocycles. The van der Waals surface area contributed by atoms with E-state index in [1.54, 1.807) is 0 Å². The highest BCUT2D eigenvalue weighted by Gasteiger charge is 2.19. The van der Waals surface area contributed by atoms with Gasteiger partial charge in [-0.25, -0.2) is 4.39 Å². The van der Waals surface area contributed by atoms with Crippen LogP contribution in [-0.2, 0) is 4.74 Å². The number of carbonyl (C=O) groups is 1. The summed E-state index contributed by atoms with van der Waals surface area (Å²) in [7, 11) is 0. The van der Waals surface area contributed by atoms with Crippen LogP contribution in [0.5, 0.6) is 0 Å². The Morgan fingerprint density at radius 3 is 3.14 bits per heavy atom. The topological polar surface area (TPSA) is 81.9 Å². The number of hydrogen-bond donors (Lipinski definition) is 1. The van der Waals surface area contributed by atoms with E-state index in [9.17, 15) is 9.18 Å². The molecule has 7 nitrogen and oxygen atoms in total. The molecule has 2 aromatic rings. The van der Waals surface area contributed by atoms with Crippen molar-refractivity contribution in [2.24, 2.45) is 0 Å². The Balaban J connectivity index is 1.79. The minimum absolute atomic E-state index is 0.0268. The minimum atomic E-state index is -0.492. The molecule has 1 amide bonds. The molecule has 110 valence electrons. The van der Waals surface area contributed by atoms with Gasteiger partial charge in [-0.3, -0.25) is 4.79 Å². The normalized spacial score (nSPS) is 17.9. The third-order valence-electron chi connectivity index (χ3n) is 3.31. The van der Waals surface area contributed by atoms with E-state index in [0.29, 0.717) is 12.2 Å². The second-order valence-electron chi connectivity index (χ2n) is 4.76. The van der Waals surface area contributed by atoms with Crippen molar-refractivity contribution in [1.82, 2.24) is 25.5 Å². The van der Waals surface area contributed by atoms with Gasteiger partial charge in [-0.15, -0.1) is 5.10 Å². The van der Waals surface area contributed by atoms with Gasteiger partial charge in [-0.05, 0) is 41.5 Å². The maximum atomic E-state index is 13.4. The molecular weight excluding hydrogens is 277 g/mol. The lowest BCUT2D eigenvalue weighted by molar-refractivity contribution is 0.0857. The first-order valence-corrected chi connectivity index (χ1v) is 6.67. The van der Waals surface area contributed by atoms with Crippen molar-refractivity contribution in [3.63, 3.8) is 0 Å². The van der Waals surface area contributed by atoms with Gasteiger partial charge in [0.25, 0.3) is 5.91 Å². The molecule has 2 heterocycles. The summed E-state index contributed by atoms with van der Waals surface area (Å²) in [6, 6.07) is 3.89. The fourth-order valence-electron chi connectivity index (χ4n) is 2.27. The monoisotopic (exact) mass is 291 g/mol. The largest absolute Gasteiger partial charge is 0.376 e. The van der Waals surface area contributed by atoms with E-state index in [-0.39, 0.29) is 17.6 Å². The number of tetrazole rings is 1. The Kier molecular flexibility index (Phi) is 3.87. The van der Waals surface area contributed by atoms with Gasteiger partial charge >= 0.3 is 0 Å². The van der Waals surface area contributed by atoms with Crippen LogP contribution in [0.25, 0.3) is 5.69 Å². The number of nitrogens with zero attached hydrogens (tertiary/aromatic N) is 4. The summed E-state index contributed by atoms with van der Waals surface area (Å²) in [5.41, 5.74) is 0.603. The number of benzene rings is 1. The SMILES string of the molecule is O=C(NC[C@H]1CCCO1)c1cc(F)ccc1-n1cnnn1. The molecule has 1 aliphatic rings. The summed E-state index contributed by atoms with van der Waals surface area (Å²) in [5, 5.41) is 13.5. The quantitative estimate of drug-likeness (QED) is 0.897. The van der Waals surface area contributed by atoms with Crippen LogP contribution in [0.2, 0.25) is 0 Å². The first-order chi connectivity index (χ1) is 10.2. The summed E-state index contributed by atoms with van der Waals surface area (Å²) in [4.78, 5) is 12.3. The molecule has 0 bridgehead atoms. The lowest BCUT2D eigenvalue weighted by Crippen LogP contribution is -2.32. The molecule has 0 radical (unpaired) electrons. The highest BCUT2D eigenvalue weighted by atomic mass is 19.1. The van der Waals surface area contributed by atoms with Gasteiger partial charge in [-0.1, -0.05) is 0 Å². The summed E-state index contributed by atoms with van der Waals surface area (Å²) < 4.78 is 20.2. The van der Waals surface area contributed by atoms with E-state index >= 15 is 0 Å². The molecule has 21 heavy (non-hydrogen) atoms. The zero-order valence-corrected chi connectivity index (χ0v) is 11.2. The van der Waals surface area contributed by atoms with Crippen LogP contribution in [-0.4, -0.2) is 45.4 Å². The lowest BCUT2D eigenvalue weighted by atomic mass is 10.1. The Morgan fingerprint density at radius 2 is 2.43 bits per heavy atom. The molecule has 1 aromatic heterocycles. The van der Waals surface area contributed by atoms with Crippen molar-refractivity contribution >= 4 is 5.91 Å². The Morgan fingerprint density at radius 1 is 1.52 bits per heavy atom. The molecule has 8 heteroatoms. The number of amides is 1. The Labute approximate surface area is 120 Å². The summed E-state index contributed by atoms with van der Waals surface area (Å²) in [6.07, 6.45) is 3.29. The maximum absolute atomic E-state index is 13.4. The second-order valence-corrected chi connectivity index (χ2v) is 4.76. The van der Waals surface area contributed by atoms with Gasteiger partial charge in [-0.2, -0.15) is 4.68 Å². The van der Waals surface area contributed by atoms with Crippen LogP contribution in [0.15, 0.2) is 24.5 Å².